The van der Waals surface area contributed by atoms with Gasteiger partial charge < -0.3 is 9.64 Å². The van der Waals surface area contributed by atoms with E-state index >= 15 is 0 Å². The van der Waals surface area contributed by atoms with Gasteiger partial charge in [-0.1, -0.05) is 49.4 Å². The van der Waals surface area contributed by atoms with Crippen molar-refractivity contribution >= 4 is 50.1 Å². The van der Waals surface area contributed by atoms with E-state index in [4.69, 9.17) is 10.00 Å². The van der Waals surface area contributed by atoms with E-state index in [1.54, 1.807) is 24.1 Å². The summed E-state index contributed by atoms with van der Waals surface area (Å²) < 4.78 is 5.99. The molecule has 1 heterocycles. The molecule has 2 rings (SSSR count). The van der Waals surface area contributed by atoms with Gasteiger partial charge in [-0.2, -0.15) is 5.26 Å². The Bertz CT molecular complexity index is 615. The molecule has 1 aliphatic rings. The third-order valence-electron chi connectivity index (χ3n) is 2.88. The van der Waals surface area contributed by atoms with E-state index in [0.717, 1.165) is 15.7 Å². The summed E-state index contributed by atoms with van der Waals surface area (Å²) in [6, 6.07) is 7.35. The first-order valence-corrected chi connectivity index (χ1v) is 7.90. The number of nitrogens with zero attached hydrogens (tertiary/aromatic N) is 2. The minimum absolute atomic E-state index is 0. The number of hydrogen-bond donors (Lipinski definition) is 0. The van der Waals surface area contributed by atoms with Crippen molar-refractivity contribution in [3.05, 3.63) is 34.3 Å². The van der Waals surface area contributed by atoms with Crippen LogP contribution in [0.1, 0.15) is 12.0 Å². The Hall–Kier alpha value is 0.0339. The number of carbonyl (C=O) groups excluding carboxylic acids is 1. The van der Waals surface area contributed by atoms with Crippen LogP contribution in [0.5, 0.6) is 5.75 Å². The summed E-state index contributed by atoms with van der Waals surface area (Å²) in [5.41, 5.74) is 1.65. The van der Waals surface area contributed by atoms with E-state index < -0.39 is 0 Å². The molecule has 1 atom stereocenters. The van der Waals surface area contributed by atoms with E-state index in [1.165, 1.54) is 0 Å². The third-order valence-corrected chi connectivity index (χ3v) is 4.51. The molecule has 21 heavy (non-hydrogen) atoms. The monoisotopic (exact) mass is 534 g/mol. The van der Waals surface area contributed by atoms with E-state index in [1.807, 2.05) is 12.1 Å². The smallest absolute Gasteiger partial charge is 0.235 e. The molecule has 4 nitrogen and oxygen atoms in total. The summed E-state index contributed by atoms with van der Waals surface area (Å²) in [7, 11) is 1.75. The first-order valence-electron chi connectivity index (χ1n) is 5.86. The number of rotatable bonds is 3. The normalized spacial score (nSPS) is 17.6. The molecule has 0 aromatic heterocycles. The number of hydrogen-bond acceptors (Lipinski definition) is 3. The van der Waals surface area contributed by atoms with Gasteiger partial charge in [0.05, 0.1) is 3.92 Å². The summed E-state index contributed by atoms with van der Waals surface area (Å²) in [6.45, 7) is 0.00944. The maximum atomic E-state index is 12.0. The van der Waals surface area contributed by atoms with Gasteiger partial charge in [-0.05, 0) is 12.1 Å². The summed E-state index contributed by atoms with van der Waals surface area (Å²) in [6.07, 6.45) is 3.87. The fraction of sp³-hybridized carbons (Fsp3) is 0.286. The van der Waals surface area contributed by atoms with Crippen LogP contribution in [0.4, 0.5) is 0 Å². The first kappa shape index (κ1) is 19.1. The molecule has 0 saturated heterocycles. The number of alkyl halides is 1. The summed E-state index contributed by atoms with van der Waals surface area (Å²) in [5, 5.41) is 8.50. The number of halogens is 2. The molecule has 107 valence electrons. The standard InChI is InChI=1S/C14H11BrIN2O2.Y/c1-18-13(5-4-12(16)14(18)19)10-3-2-9(8-11(10)15)20-7-6-17;/h2-3,8,12H,4,7H2,1H3;/q-1;. The molecule has 0 aliphatic carbocycles. The molecule has 0 saturated carbocycles. The zero-order chi connectivity index (χ0) is 14.7. The van der Waals surface area contributed by atoms with E-state index in [2.05, 4.69) is 44.6 Å². The van der Waals surface area contributed by atoms with Crippen LogP contribution < -0.4 is 4.74 Å². The first-order chi connectivity index (χ1) is 9.54. The predicted molar refractivity (Wildman–Crippen MR) is 87.1 cm³/mol. The molecule has 0 bridgehead atoms. The Morgan fingerprint density at radius 2 is 2.33 bits per heavy atom. The van der Waals surface area contributed by atoms with Crippen molar-refractivity contribution in [2.45, 2.75) is 10.3 Å². The van der Waals surface area contributed by atoms with E-state index in [0.29, 0.717) is 12.2 Å². The largest absolute Gasteiger partial charge is 0.479 e. The van der Waals surface area contributed by atoms with Crippen molar-refractivity contribution in [2.24, 2.45) is 0 Å². The molecular weight excluding hydrogens is 524 g/mol. The maximum absolute atomic E-state index is 12.0. The Morgan fingerprint density at radius 3 is 2.95 bits per heavy atom. The van der Waals surface area contributed by atoms with Crippen LogP contribution >= 0.6 is 38.5 Å². The summed E-state index contributed by atoms with van der Waals surface area (Å²) in [4.78, 5) is 13.6. The van der Waals surface area contributed by atoms with Crippen molar-refractivity contribution in [1.29, 1.82) is 5.26 Å². The van der Waals surface area contributed by atoms with Crippen molar-refractivity contribution in [3.63, 3.8) is 0 Å². The molecule has 1 aliphatic heterocycles. The number of ether oxygens (including phenoxy) is 1. The van der Waals surface area contributed by atoms with Crippen LogP contribution in [-0.2, 0) is 37.5 Å². The summed E-state index contributed by atoms with van der Waals surface area (Å²) >= 11 is 5.60. The van der Waals surface area contributed by atoms with Crippen molar-refractivity contribution in [2.75, 3.05) is 13.7 Å². The fourth-order valence-electron chi connectivity index (χ4n) is 1.88. The number of allylic oxidation sites excluding steroid dienone is 1. The zero-order valence-corrected chi connectivity index (χ0v) is 17.8. The third kappa shape index (κ3) is 4.50. The van der Waals surface area contributed by atoms with Crippen molar-refractivity contribution in [3.8, 4) is 11.8 Å². The topological polar surface area (TPSA) is 53.3 Å². The van der Waals surface area contributed by atoms with Gasteiger partial charge in [0.1, 0.15) is 11.8 Å². The Balaban J connectivity index is 0.00000220. The maximum Gasteiger partial charge on any atom is 0.235 e. The van der Waals surface area contributed by atoms with Gasteiger partial charge in [0.15, 0.2) is 6.61 Å². The average Bonchev–Trinajstić information content (AvgIpc) is 2.44. The quantitative estimate of drug-likeness (QED) is 0.340. The van der Waals surface area contributed by atoms with E-state index in [9.17, 15) is 4.79 Å². The minimum Gasteiger partial charge on any atom is -0.479 e. The number of nitriles is 1. The molecule has 1 aromatic carbocycles. The molecule has 1 amide bonds. The molecule has 1 radical (unpaired) electrons. The van der Waals surface area contributed by atoms with Crippen molar-refractivity contribution in [1.82, 2.24) is 4.90 Å². The number of benzene rings is 1. The second-order valence-corrected chi connectivity index (χ2v) is 6.54. The van der Waals surface area contributed by atoms with Gasteiger partial charge in [0.2, 0.25) is 5.91 Å². The second kappa shape index (κ2) is 8.61. The molecule has 7 heteroatoms. The Morgan fingerprint density at radius 1 is 1.62 bits per heavy atom. The van der Waals surface area contributed by atoms with Crippen LogP contribution in [-0.4, -0.2) is 28.4 Å². The van der Waals surface area contributed by atoms with Crippen LogP contribution in [0.25, 0.3) is 5.70 Å². The van der Waals surface area contributed by atoms with Crippen LogP contribution in [0.2, 0.25) is 0 Å². The number of amides is 1. The SMILES string of the molecule is CN1C(=O)C(I)C[C-]=C1c1ccc(OCC#N)cc1Br.[Y]. The Kier molecular flexibility index (Phi) is 7.82. The molecule has 1 unspecified atom stereocenters. The molecule has 0 fully saturated rings. The van der Waals surface area contributed by atoms with Crippen molar-refractivity contribution < 1.29 is 42.2 Å². The fourth-order valence-corrected chi connectivity index (χ4v) is 3.07. The Labute approximate surface area is 171 Å². The zero-order valence-electron chi connectivity index (χ0n) is 11.3. The van der Waals surface area contributed by atoms with E-state index in [-0.39, 0.29) is 49.1 Å². The van der Waals surface area contributed by atoms with Gasteiger partial charge in [0.25, 0.3) is 0 Å². The van der Waals surface area contributed by atoms with Crippen LogP contribution in [0, 0.1) is 17.4 Å². The van der Waals surface area contributed by atoms with Gasteiger partial charge in [-0.25, -0.2) is 6.08 Å². The van der Waals surface area contributed by atoms with Gasteiger partial charge in [-0.3, -0.25) is 4.79 Å². The predicted octanol–water partition coefficient (Wildman–Crippen LogP) is 3.16. The van der Waals surface area contributed by atoms with Gasteiger partial charge in [0, 0.05) is 39.8 Å². The molecule has 0 N–H and O–H groups in total. The molecule has 0 spiro atoms. The molecule has 1 aromatic rings. The van der Waals surface area contributed by atoms with Gasteiger partial charge >= 0.3 is 0 Å². The number of carbonyl (C=O) groups is 1. The van der Waals surface area contributed by atoms with Crippen LogP contribution in [0.15, 0.2) is 22.7 Å². The molecular formula is C14H11BrIN2O2Y-. The van der Waals surface area contributed by atoms with Gasteiger partial charge in [-0.15, -0.1) is 17.3 Å². The average molecular weight is 535 g/mol. The minimum atomic E-state index is -0.0571. The summed E-state index contributed by atoms with van der Waals surface area (Å²) in [5.74, 6) is 0.690. The second-order valence-electron chi connectivity index (χ2n) is 4.18. The van der Waals surface area contributed by atoms with Crippen LogP contribution in [0.3, 0.4) is 0 Å².